The highest BCUT2D eigenvalue weighted by atomic mass is 32.4. The van der Waals surface area contributed by atoms with Gasteiger partial charge in [0.2, 0.25) is 16.8 Å². The highest BCUT2D eigenvalue weighted by Crippen LogP contribution is 2.21. The van der Waals surface area contributed by atoms with Gasteiger partial charge in [0.25, 0.3) is 0 Å². The third-order valence-electron chi connectivity index (χ3n) is 2.30. The van der Waals surface area contributed by atoms with Crippen molar-refractivity contribution in [3.63, 3.8) is 0 Å². The molecule has 78 valence electrons. The van der Waals surface area contributed by atoms with E-state index in [4.69, 9.17) is 4.55 Å². The Bertz CT molecular complexity index is 269. The van der Waals surface area contributed by atoms with Crippen molar-refractivity contribution in [2.75, 3.05) is 0 Å². The van der Waals surface area contributed by atoms with Crippen molar-refractivity contribution in [2.24, 2.45) is 5.92 Å². The predicted molar refractivity (Wildman–Crippen MR) is 57.8 cm³/mol. The monoisotopic (exact) mass is 222 g/mol. The largest absolute Gasteiger partial charge is 0.291 e. The molecule has 0 saturated heterocycles. The first-order chi connectivity index (χ1) is 5.70. The van der Waals surface area contributed by atoms with Crippen LogP contribution in [0.2, 0.25) is 19.1 Å². The van der Waals surface area contributed by atoms with Crippen molar-refractivity contribution in [3.05, 3.63) is 12.7 Å². The second-order valence-corrected chi connectivity index (χ2v) is 13.8. The van der Waals surface area contributed by atoms with Crippen molar-refractivity contribution in [1.82, 2.24) is 0 Å². The number of hydrogen-bond donors (Lipinski definition) is 1. The molecule has 0 bridgehead atoms. The van der Waals surface area contributed by atoms with Crippen LogP contribution in [0.25, 0.3) is 0 Å². The Kier molecular flexibility index (Phi) is 4.34. The van der Waals surface area contributed by atoms with Gasteiger partial charge in [-0.2, -0.15) is 0 Å². The summed E-state index contributed by atoms with van der Waals surface area (Å²) in [6.07, 6.45) is 2.58. The van der Waals surface area contributed by atoms with E-state index in [2.05, 4.69) is 6.58 Å². The first-order valence-corrected chi connectivity index (χ1v) is 9.67. The molecule has 0 aliphatic carbocycles. The van der Waals surface area contributed by atoms with Crippen LogP contribution in [0.5, 0.6) is 0 Å². The number of hydrogen-bond acceptors (Lipinski definition) is 2. The Morgan fingerprint density at radius 3 is 2.31 bits per heavy atom. The zero-order valence-electron chi connectivity index (χ0n) is 8.45. The van der Waals surface area contributed by atoms with E-state index in [0.29, 0.717) is 12.0 Å². The summed E-state index contributed by atoms with van der Waals surface area (Å²) in [5, 5.41) is 0. The van der Waals surface area contributed by atoms with Gasteiger partial charge in [-0.15, -0.1) is 6.58 Å². The van der Waals surface area contributed by atoms with Gasteiger partial charge in [0, 0.05) is 0 Å². The van der Waals surface area contributed by atoms with Crippen LogP contribution in [0.15, 0.2) is 12.7 Å². The summed E-state index contributed by atoms with van der Waals surface area (Å²) in [5.41, 5.74) is 0. The summed E-state index contributed by atoms with van der Waals surface area (Å²) < 4.78 is 30.8. The summed E-state index contributed by atoms with van der Waals surface area (Å²) in [4.78, 5) is 0. The van der Waals surface area contributed by atoms with Gasteiger partial charge in [0.05, 0.1) is 0 Å². The average molecular weight is 222 g/mol. The second-order valence-electron chi connectivity index (χ2n) is 3.99. The van der Waals surface area contributed by atoms with Crippen LogP contribution in [0.4, 0.5) is 0 Å². The smallest absolute Gasteiger partial charge is 0.227 e. The van der Waals surface area contributed by atoms with E-state index in [-0.39, 0.29) is 0 Å². The maximum atomic E-state index is 10.9. The fourth-order valence-corrected chi connectivity index (χ4v) is 3.36. The fourth-order valence-electron chi connectivity index (χ4n) is 0.822. The minimum atomic E-state index is -3.80. The highest BCUT2D eigenvalue weighted by molar-refractivity contribution is 8.17. The molecule has 3 nitrogen and oxygen atoms in total. The van der Waals surface area contributed by atoms with Gasteiger partial charge in [0.1, 0.15) is 0 Å². The molecule has 0 spiro atoms. The van der Waals surface area contributed by atoms with Crippen molar-refractivity contribution in [3.8, 4) is 0 Å². The normalized spacial score (nSPS) is 15.4. The van der Waals surface area contributed by atoms with E-state index in [9.17, 15) is 8.42 Å². The van der Waals surface area contributed by atoms with Crippen LogP contribution < -0.4 is 0 Å². The topological polar surface area (TPSA) is 54.4 Å². The molecule has 0 aromatic heterocycles. The molecule has 1 N–H and O–H groups in total. The maximum Gasteiger partial charge on any atom is 0.227 e. The van der Waals surface area contributed by atoms with Gasteiger partial charge in [-0.3, -0.25) is 4.55 Å². The molecule has 0 rings (SSSR count). The lowest BCUT2D eigenvalue weighted by Gasteiger charge is -2.18. The molecule has 0 aliphatic rings. The first kappa shape index (κ1) is 12.9. The number of allylic oxidation sites excluding steroid dienone is 1. The summed E-state index contributed by atoms with van der Waals surface area (Å²) in [5.74, 6) is 0.313. The van der Waals surface area contributed by atoms with Gasteiger partial charge in [-0.05, 0) is 18.4 Å². The van der Waals surface area contributed by atoms with Gasteiger partial charge in [-0.1, -0.05) is 26.1 Å². The second kappa shape index (κ2) is 4.39. The summed E-state index contributed by atoms with van der Waals surface area (Å²) in [6, 6.07) is 0.582. The highest BCUT2D eigenvalue weighted by Gasteiger charge is 2.35. The minimum absolute atomic E-state index is 0.313. The molecule has 0 heterocycles. The molecule has 1 atom stereocenters. The standard InChI is InChI=1S/C8H18O3SSi/c1-5-8(2)6-7-13(3,4)12(9,10)11/h5,8H,1,6-7H2,2-4H3,(H,9,10,11). The lowest BCUT2D eigenvalue weighted by Crippen LogP contribution is -2.36. The lowest BCUT2D eigenvalue weighted by molar-refractivity contribution is 0.497. The molecule has 0 radical (unpaired) electrons. The Labute approximate surface area is 81.3 Å². The third-order valence-corrected chi connectivity index (χ3v) is 9.99. The van der Waals surface area contributed by atoms with Gasteiger partial charge >= 0.3 is 0 Å². The SMILES string of the molecule is C=CC(C)CC[Si](C)(C)S(=O)(=O)O. The van der Waals surface area contributed by atoms with Crippen LogP contribution >= 0.6 is 0 Å². The fraction of sp³-hybridized carbons (Fsp3) is 0.750. The zero-order valence-corrected chi connectivity index (χ0v) is 10.3. The van der Waals surface area contributed by atoms with Crippen molar-refractivity contribution in [2.45, 2.75) is 32.5 Å². The van der Waals surface area contributed by atoms with Crippen LogP contribution in [-0.4, -0.2) is 20.2 Å². The molecule has 0 amide bonds. The summed E-state index contributed by atoms with van der Waals surface area (Å²) >= 11 is 0. The zero-order chi connectivity index (χ0) is 10.7. The number of rotatable bonds is 5. The van der Waals surface area contributed by atoms with Crippen molar-refractivity contribution >= 4 is 16.8 Å². The molecule has 0 aromatic rings. The van der Waals surface area contributed by atoms with E-state index >= 15 is 0 Å². The van der Waals surface area contributed by atoms with Crippen molar-refractivity contribution in [1.29, 1.82) is 0 Å². The molecule has 1 unspecified atom stereocenters. The maximum absolute atomic E-state index is 10.9. The third kappa shape index (κ3) is 4.06. The average Bonchev–Trinajstić information content (AvgIpc) is 1.98. The lowest BCUT2D eigenvalue weighted by atomic mass is 10.1. The Morgan fingerprint density at radius 2 is 2.00 bits per heavy atom. The molecule has 5 heteroatoms. The summed E-state index contributed by atoms with van der Waals surface area (Å²) in [6.45, 7) is 8.94. The van der Waals surface area contributed by atoms with Crippen molar-refractivity contribution < 1.29 is 13.0 Å². The van der Waals surface area contributed by atoms with Crippen LogP contribution in [0.1, 0.15) is 13.3 Å². The van der Waals surface area contributed by atoms with E-state index < -0.39 is 16.8 Å². The van der Waals surface area contributed by atoms with Gasteiger partial charge < -0.3 is 0 Å². The molecular weight excluding hydrogens is 204 g/mol. The molecular formula is C8H18O3SSi. The van der Waals surface area contributed by atoms with Gasteiger partial charge in [0.15, 0.2) is 0 Å². The Balaban J connectivity index is 4.28. The molecule has 13 heavy (non-hydrogen) atoms. The molecule has 0 fully saturated rings. The van der Waals surface area contributed by atoms with Crippen LogP contribution in [0, 0.1) is 5.92 Å². The van der Waals surface area contributed by atoms with E-state index in [0.717, 1.165) is 6.42 Å². The van der Waals surface area contributed by atoms with Crippen LogP contribution in [0.3, 0.4) is 0 Å². The Hall–Kier alpha value is -0.133. The molecule has 0 aromatic carbocycles. The van der Waals surface area contributed by atoms with E-state index in [1.54, 1.807) is 19.2 Å². The van der Waals surface area contributed by atoms with E-state index in [1.807, 2.05) is 6.92 Å². The van der Waals surface area contributed by atoms with E-state index in [1.165, 1.54) is 0 Å². The van der Waals surface area contributed by atoms with Crippen LogP contribution in [-0.2, 0) is 9.57 Å². The summed E-state index contributed by atoms with van der Waals surface area (Å²) in [7, 11) is -6.31. The Morgan fingerprint density at radius 1 is 1.54 bits per heavy atom. The first-order valence-electron chi connectivity index (χ1n) is 4.30. The molecule has 0 aliphatic heterocycles. The minimum Gasteiger partial charge on any atom is -0.291 e. The van der Waals surface area contributed by atoms with Gasteiger partial charge in [-0.25, -0.2) is 8.42 Å². The quantitative estimate of drug-likeness (QED) is 0.441. The molecule has 0 saturated carbocycles. The predicted octanol–water partition coefficient (Wildman–Crippen LogP) is 2.29.